The van der Waals surface area contributed by atoms with Crippen LogP contribution >= 0.6 is 0 Å². The molecule has 1 aromatic heterocycles. The highest BCUT2D eigenvalue weighted by molar-refractivity contribution is 7.85. The average molecular weight is 1180 g/mol. The first kappa shape index (κ1) is 65.4. The van der Waals surface area contributed by atoms with Crippen LogP contribution in [0, 0.1) is 11.8 Å². The second-order valence-corrected chi connectivity index (χ2v) is 23.0. The number of H-pyrrole nitrogens is 1. The molecule has 2 bridgehead atoms. The third kappa shape index (κ3) is 18.8. The molecule has 30 heteroatoms. The van der Waals surface area contributed by atoms with Crippen LogP contribution < -0.4 is 58.3 Å². The van der Waals surface area contributed by atoms with Crippen molar-refractivity contribution < 1.29 is 81.7 Å². The van der Waals surface area contributed by atoms with Crippen LogP contribution in [0.4, 0.5) is 4.79 Å². The van der Waals surface area contributed by atoms with Crippen molar-refractivity contribution in [3.05, 3.63) is 23.8 Å². The summed E-state index contributed by atoms with van der Waals surface area (Å²) in [6.07, 6.45) is -3.28. The van der Waals surface area contributed by atoms with Crippen molar-refractivity contribution in [1.82, 2.24) is 57.7 Å². The smallest absolute Gasteiger partial charge is 0.407 e. The van der Waals surface area contributed by atoms with Gasteiger partial charge in [0.2, 0.25) is 59.1 Å². The number of hydrogen-bond acceptors (Lipinski definition) is 17. The third-order valence-corrected chi connectivity index (χ3v) is 15.4. The Morgan fingerprint density at radius 3 is 2.20 bits per heavy atom. The van der Waals surface area contributed by atoms with Gasteiger partial charge in [0.15, 0.2) is 0 Å². The molecule has 5 rings (SSSR count). The number of aliphatic hydroxyl groups is 3. The van der Waals surface area contributed by atoms with E-state index in [9.17, 15) is 68.1 Å². The van der Waals surface area contributed by atoms with E-state index in [-0.39, 0.29) is 48.1 Å². The molecule has 11 amide bonds. The molecule has 3 aliphatic heterocycles. The lowest BCUT2D eigenvalue weighted by Gasteiger charge is -2.32. The normalized spacial score (nSPS) is 24.8. The monoisotopic (exact) mass is 1170 g/mol. The molecule has 1 saturated heterocycles. The number of carbonyl (C=O) groups excluding carboxylic acids is 11. The lowest BCUT2D eigenvalue weighted by Crippen LogP contribution is -2.62. The molecule has 15 N–H and O–H groups in total. The fraction of sp³-hybridized carbons (Fsp3) is 0.635. The first-order valence-corrected chi connectivity index (χ1v) is 28.5. The van der Waals surface area contributed by atoms with Crippen molar-refractivity contribution >= 4 is 86.9 Å². The number of benzene rings is 1. The number of hydrogen-bond donors (Lipinski definition) is 14. The zero-order valence-corrected chi connectivity index (χ0v) is 47.6. The largest absolute Gasteiger partial charge is 0.494 e. The maximum absolute atomic E-state index is 15.0. The van der Waals surface area contributed by atoms with Crippen molar-refractivity contribution in [3.8, 4) is 5.75 Å². The van der Waals surface area contributed by atoms with E-state index < -0.39 is 187 Å². The molecular formula is C52H78N12O17S. The fourth-order valence-electron chi connectivity index (χ4n) is 9.31. The summed E-state index contributed by atoms with van der Waals surface area (Å²) in [6.45, 7) is 7.46. The molecule has 454 valence electrons. The Kier molecular flexibility index (Phi) is 23.9. The minimum Gasteiger partial charge on any atom is -0.494 e. The van der Waals surface area contributed by atoms with Gasteiger partial charge in [0.05, 0.1) is 67.0 Å². The molecular weight excluding hydrogens is 1100 g/mol. The summed E-state index contributed by atoms with van der Waals surface area (Å²) in [4.78, 5) is 154. The number of nitrogens with zero attached hydrogens (tertiary/aromatic N) is 1. The number of rotatable bonds is 17. The Labute approximate surface area is 475 Å². The number of unbranched alkanes of at least 4 members (excludes halogenated alkanes) is 2. The number of amides is 11. The summed E-state index contributed by atoms with van der Waals surface area (Å²) in [6, 6.07) is -5.42. The Morgan fingerprint density at radius 1 is 0.841 bits per heavy atom. The van der Waals surface area contributed by atoms with E-state index in [1.165, 1.54) is 6.92 Å². The van der Waals surface area contributed by atoms with Gasteiger partial charge in [-0.1, -0.05) is 27.2 Å². The van der Waals surface area contributed by atoms with Gasteiger partial charge >= 0.3 is 6.09 Å². The first-order chi connectivity index (χ1) is 38.7. The molecule has 0 saturated carbocycles. The van der Waals surface area contributed by atoms with Gasteiger partial charge in [-0.15, -0.1) is 0 Å². The molecule has 29 nitrogen and oxygen atoms in total. The molecule has 1 fully saturated rings. The number of ether oxygens (including phenoxy) is 2. The van der Waals surface area contributed by atoms with E-state index in [1.807, 2.05) is 0 Å². The minimum absolute atomic E-state index is 0.0990. The molecule has 0 aliphatic carbocycles. The predicted octanol–water partition coefficient (Wildman–Crippen LogP) is -4.05. The standard InChI is InChI=1S/C52H78N12O17S/c1-7-26(2)42-47(75)57-21-40(70)58-35-25-82(79)49-31(30-13-12-29(18-32(30)61-49)80-16-10-8-9-11-39(69)54-14-15-55-51(78)81-52(4,5)6)19-33(44(72)56-22-41(71)62-42)59-48(76)43(27(3)37(67)24-65)63-46(74)36-17-28(66)23-64(36)50(77)34(20-38(53)68)60-45(35)73/h12-13,18,26-28,33-37,42-43,61,65-67H,7-11,14-17,19-25H2,1-6H3,(H2,53,68)(H,54,69)(H,55,78)(H,56,72)(H,57,75)(H,58,70)(H,59,76)(H,60,73)(H,62,71)(H,63,74). The van der Waals surface area contributed by atoms with Crippen LogP contribution in [-0.2, 0) is 69.9 Å². The van der Waals surface area contributed by atoms with Gasteiger partial charge in [-0.05, 0) is 63.6 Å². The third-order valence-electron chi connectivity index (χ3n) is 14.0. The summed E-state index contributed by atoms with van der Waals surface area (Å²) in [7, 11) is -2.42. The van der Waals surface area contributed by atoms with E-state index in [0.29, 0.717) is 36.8 Å². The SMILES string of the molecule is CCC(C)C1NC(=O)CNC(=O)C2Cc3c([nH]c4cc(OCCCCCC(=O)NCCNC(=O)OC(C)(C)C)ccc34)S(=O)CC(NC(=O)CNC1=O)C(=O)NC(CC(N)=O)C(=O)N1CC(O)CC1C(=O)NC(C(C)C(O)CO)C(=O)N2. The van der Waals surface area contributed by atoms with Crippen LogP contribution in [-0.4, -0.2) is 200 Å². The number of aromatic nitrogens is 1. The minimum atomic E-state index is -2.42. The van der Waals surface area contributed by atoms with Crippen LogP contribution in [0.2, 0.25) is 0 Å². The molecule has 4 heterocycles. The molecule has 1 aromatic carbocycles. The highest BCUT2D eigenvalue weighted by Gasteiger charge is 2.45. The maximum Gasteiger partial charge on any atom is 0.407 e. The van der Waals surface area contributed by atoms with Crippen molar-refractivity contribution in [1.29, 1.82) is 0 Å². The Bertz CT molecular complexity index is 2720. The van der Waals surface area contributed by atoms with Crippen molar-refractivity contribution in [2.45, 2.75) is 152 Å². The van der Waals surface area contributed by atoms with E-state index in [0.717, 1.165) is 4.90 Å². The molecule has 11 atom stereocenters. The van der Waals surface area contributed by atoms with Gasteiger partial charge in [-0.25, -0.2) is 4.79 Å². The zero-order valence-electron chi connectivity index (χ0n) is 46.8. The highest BCUT2D eigenvalue weighted by Crippen LogP contribution is 2.31. The number of alkyl carbamates (subject to hydrolysis) is 1. The van der Waals surface area contributed by atoms with Gasteiger partial charge in [0.25, 0.3) is 0 Å². The number of fused-ring (bicyclic) bond motifs is 5. The summed E-state index contributed by atoms with van der Waals surface area (Å²) in [5, 5.41) is 54.5. The van der Waals surface area contributed by atoms with E-state index in [2.05, 4.69) is 52.8 Å². The second kappa shape index (κ2) is 30.0. The van der Waals surface area contributed by atoms with Gasteiger partial charge in [-0.3, -0.25) is 52.2 Å². The maximum atomic E-state index is 15.0. The lowest BCUT2D eigenvalue weighted by atomic mass is 9.93. The zero-order chi connectivity index (χ0) is 60.6. The van der Waals surface area contributed by atoms with Crippen LogP contribution in [0.5, 0.6) is 5.75 Å². The summed E-state index contributed by atoms with van der Waals surface area (Å²) in [5.41, 5.74) is 5.25. The van der Waals surface area contributed by atoms with Crippen LogP contribution in [0.25, 0.3) is 10.9 Å². The Morgan fingerprint density at radius 2 is 1.52 bits per heavy atom. The Balaban J connectivity index is 1.55. The number of carbonyl (C=O) groups is 11. The van der Waals surface area contributed by atoms with E-state index >= 15 is 4.21 Å². The molecule has 0 spiro atoms. The summed E-state index contributed by atoms with van der Waals surface area (Å²) in [5.74, 6) is -11.9. The number of aromatic amines is 1. The lowest BCUT2D eigenvalue weighted by molar-refractivity contribution is -0.144. The van der Waals surface area contributed by atoms with Crippen LogP contribution in [0.15, 0.2) is 23.2 Å². The number of primary amides is 1. The van der Waals surface area contributed by atoms with Gasteiger partial charge in [0.1, 0.15) is 52.6 Å². The molecule has 11 unspecified atom stereocenters. The van der Waals surface area contributed by atoms with E-state index in [4.69, 9.17) is 15.2 Å². The summed E-state index contributed by atoms with van der Waals surface area (Å²) < 4.78 is 26.2. The van der Waals surface area contributed by atoms with Crippen molar-refractivity contribution in [3.63, 3.8) is 0 Å². The number of nitrogens with one attached hydrogen (secondary N) is 10. The molecule has 0 radical (unpaired) electrons. The molecule has 82 heavy (non-hydrogen) atoms. The van der Waals surface area contributed by atoms with E-state index in [1.54, 1.807) is 52.8 Å². The van der Waals surface area contributed by atoms with Gasteiger partial charge in [0, 0.05) is 56.3 Å². The number of aliphatic hydroxyl groups excluding tert-OH is 3. The Hall–Kier alpha value is -7.44. The predicted molar refractivity (Wildman–Crippen MR) is 292 cm³/mol. The van der Waals surface area contributed by atoms with Gasteiger partial charge < -0.3 is 88.3 Å². The topological polar surface area (TPSA) is 437 Å². The van der Waals surface area contributed by atoms with Crippen LogP contribution in [0.1, 0.15) is 92.1 Å². The fourth-order valence-corrected chi connectivity index (χ4v) is 10.7. The summed E-state index contributed by atoms with van der Waals surface area (Å²) >= 11 is 0. The highest BCUT2D eigenvalue weighted by atomic mass is 32.2. The van der Waals surface area contributed by atoms with Crippen molar-refractivity contribution in [2.24, 2.45) is 17.6 Å². The quantitative estimate of drug-likeness (QED) is 0.0671. The molecule has 2 aromatic rings. The van der Waals surface area contributed by atoms with Gasteiger partial charge in [-0.2, -0.15) is 0 Å². The van der Waals surface area contributed by atoms with Crippen LogP contribution in [0.3, 0.4) is 0 Å². The number of nitrogens with two attached hydrogens (primary N) is 1. The van der Waals surface area contributed by atoms with Crippen molar-refractivity contribution in [2.75, 3.05) is 51.7 Å². The second-order valence-electron chi connectivity index (χ2n) is 21.6. The average Bonchev–Trinajstić information content (AvgIpc) is 4.00. The first-order valence-electron chi connectivity index (χ1n) is 27.2. The molecule has 3 aliphatic rings.